The van der Waals surface area contributed by atoms with Crippen molar-refractivity contribution in [2.45, 2.75) is 27.2 Å². The Morgan fingerprint density at radius 2 is 2.18 bits per heavy atom. The molecule has 3 aromatic heterocycles. The molecule has 0 aromatic carbocycles. The van der Waals surface area contributed by atoms with Gasteiger partial charge in [-0.15, -0.1) is 11.3 Å². The molecule has 0 unspecified atom stereocenters. The number of pyridine rings is 1. The molecule has 6 heteroatoms. The Labute approximate surface area is 132 Å². The van der Waals surface area contributed by atoms with Crippen LogP contribution in [0.4, 0.5) is 0 Å². The third-order valence-corrected chi connectivity index (χ3v) is 4.41. The third kappa shape index (κ3) is 2.62. The van der Waals surface area contributed by atoms with E-state index in [1.807, 2.05) is 39.0 Å². The van der Waals surface area contributed by atoms with E-state index >= 15 is 0 Å². The van der Waals surface area contributed by atoms with Crippen molar-refractivity contribution < 1.29 is 9.32 Å². The Balaban J connectivity index is 2.15. The molecular weight excluding hydrogens is 298 g/mol. The Bertz CT molecular complexity index is 835. The number of carbonyl (C=O) groups is 1. The second kappa shape index (κ2) is 5.88. The van der Waals surface area contributed by atoms with Gasteiger partial charge in [-0.2, -0.15) is 0 Å². The number of amides is 1. The summed E-state index contributed by atoms with van der Waals surface area (Å²) in [5.74, 6) is -0.116. The van der Waals surface area contributed by atoms with Crippen molar-refractivity contribution >= 4 is 28.3 Å². The number of nitrogens with zero attached hydrogens (tertiary/aromatic N) is 2. The molecule has 3 heterocycles. The first-order chi connectivity index (χ1) is 10.6. The van der Waals surface area contributed by atoms with E-state index in [-0.39, 0.29) is 5.91 Å². The SMILES string of the molecule is CCCNC(=O)c1cc(-c2ccc(C)s2)nc2onc(C)c12. The van der Waals surface area contributed by atoms with Gasteiger partial charge < -0.3 is 9.84 Å². The zero-order chi connectivity index (χ0) is 15.7. The summed E-state index contributed by atoms with van der Waals surface area (Å²) in [5, 5.41) is 7.54. The van der Waals surface area contributed by atoms with Crippen LogP contribution in [-0.4, -0.2) is 22.6 Å². The van der Waals surface area contributed by atoms with E-state index in [0.717, 1.165) is 17.0 Å². The molecule has 1 amide bonds. The fraction of sp³-hybridized carbons (Fsp3) is 0.312. The summed E-state index contributed by atoms with van der Waals surface area (Å²) in [6.07, 6.45) is 0.888. The zero-order valence-corrected chi connectivity index (χ0v) is 13.6. The van der Waals surface area contributed by atoms with Crippen LogP contribution in [-0.2, 0) is 0 Å². The molecule has 0 radical (unpaired) electrons. The zero-order valence-electron chi connectivity index (χ0n) is 12.8. The predicted molar refractivity (Wildman–Crippen MR) is 87.2 cm³/mol. The fourth-order valence-electron chi connectivity index (χ4n) is 2.31. The van der Waals surface area contributed by atoms with Gasteiger partial charge in [-0.3, -0.25) is 4.79 Å². The molecule has 114 valence electrons. The first-order valence-electron chi connectivity index (χ1n) is 7.22. The van der Waals surface area contributed by atoms with Gasteiger partial charge in [0.15, 0.2) is 0 Å². The monoisotopic (exact) mass is 315 g/mol. The predicted octanol–water partition coefficient (Wildman–Crippen LogP) is 3.71. The van der Waals surface area contributed by atoms with Crippen LogP contribution >= 0.6 is 11.3 Å². The van der Waals surface area contributed by atoms with Crippen molar-refractivity contribution in [3.05, 3.63) is 34.3 Å². The van der Waals surface area contributed by atoms with E-state index in [1.165, 1.54) is 4.88 Å². The number of aromatic nitrogens is 2. The lowest BCUT2D eigenvalue weighted by Crippen LogP contribution is -2.24. The van der Waals surface area contributed by atoms with Gasteiger partial charge in [0.25, 0.3) is 11.6 Å². The maximum absolute atomic E-state index is 12.5. The van der Waals surface area contributed by atoms with Crippen LogP contribution in [0.1, 0.15) is 34.3 Å². The minimum atomic E-state index is -0.116. The number of fused-ring (bicyclic) bond motifs is 1. The summed E-state index contributed by atoms with van der Waals surface area (Å²) < 4.78 is 5.28. The van der Waals surface area contributed by atoms with Crippen LogP contribution in [0.15, 0.2) is 22.7 Å². The van der Waals surface area contributed by atoms with E-state index in [9.17, 15) is 4.79 Å². The largest absolute Gasteiger partial charge is 0.352 e. The maximum Gasteiger partial charge on any atom is 0.259 e. The molecule has 0 atom stereocenters. The number of carbonyl (C=O) groups excluding carboxylic acids is 1. The minimum absolute atomic E-state index is 0.116. The molecule has 0 saturated carbocycles. The lowest BCUT2D eigenvalue weighted by atomic mass is 10.1. The van der Waals surface area contributed by atoms with E-state index in [1.54, 1.807) is 11.3 Å². The number of aryl methyl sites for hydroxylation is 2. The number of hydrogen-bond acceptors (Lipinski definition) is 5. The second-order valence-electron chi connectivity index (χ2n) is 5.17. The van der Waals surface area contributed by atoms with Gasteiger partial charge in [0, 0.05) is 11.4 Å². The van der Waals surface area contributed by atoms with Crippen molar-refractivity contribution in [3.8, 4) is 10.6 Å². The summed E-state index contributed by atoms with van der Waals surface area (Å²) in [5.41, 5.74) is 2.39. The Morgan fingerprint density at radius 1 is 1.36 bits per heavy atom. The average Bonchev–Trinajstić information content (AvgIpc) is 3.10. The van der Waals surface area contributed by atoms with Gasteiger partial charge in [-0.25, -0.2) is 4.98 Å². The molecule has 0 saturated heterocycles. The number of nitrogens with one attached hydrogen (secondary N) is 1. The highest BCUT2D eigenvalue weighted by molar-refractivity contribution is 7.15. The highest BCUT2D eigenvalue weighted by atomic mass is 32.1. The first kappa shape index (κ1) is 14.7. The smallest absolute Gasteiger partial charge is 0.259 e. The molecule has 1 N–H and O–H groups in total. The van der Waals surface area contributed by atoms with Crippen LogP contribution in [0.5, 0.6) is 0 Å². The maximum atomic E-state index is 12.5. The van der Waals surface area contributed by atoms with E-state index in [4.69, 9.17) is 4.52 Å². The fourth-order valence-corrected chi connectivity index (χ4v) is 3.13. The van der Waals surface area contributed by atoms with Crippen molar-refractivity contribution in [1.29, 1.82) is 0 Å². The topological polar surface area (TPSA) is 68.0 Å². The van der Waals surface area contributed by atoms with Gasteiger partial charge in [0.2, 0.25) is 0 Å². The van der Waals surface area contributed by atoms with E-state index in [0.29, 0.717) is 28.9 Å². The summed E-state index contributed by atoms with van der Waals surface area (Å²) >= 11 is 1.64. The Hall–Kier alpha value is -2.21. The molecule has 0 bridgehead atoms. The van der Waals surface area contributed by atoms with Crippen molar-refractivity contribution in [3.63, 3.8) is 0 Å². The Kier molecular flexibility index (Phi) is 3.94. The van der Waals surface area contributed by atoms with Gasteiger partial charge in [-0.1, -0.05) is 12.1 Å². The normalized spacial score (nSPS) is 11.0. The minimum Gasteiger partial charge on any atom is -0.352 e. The second-order valence-corrected chi connectivity index (χ2v) is 6.46. The average molecular weight is 315 g/mol. The molecule has 5 nitrogen and oxygen atoms in total. The lowest BCUT2D eigenvalue weighted by molar-refractivity contribution is 0.0955. The molecule has 3 aromatic rings. The number of hydrogen-bond donors (Lipinski definition) is 1. The van der Waals surface area contributed by atoms with E-state index in [2.05, 4.69) is 15.5 Å². The lowest BCUT2D eigenvalue weighted by Gasteiger charge is -2.06. The Morgan fingerprint density at radius 3 is 2.86 bits per heavy atom. The third-order valence-electron chi connectivity index (χ3n) is 3.39. The number of rotatable bonds is 4. The number of thiophene rings is 1. The van der Waals surface area contributed by atoms with Crippen molar-refractivity contribution in [1.82, 2.24) is 15.5 Å². The van der Waals surface area contributed by atoms with Crippen molar-refractivity contribution in [2.24, 2.45) is 0 Å². The van der Waals surface area contributed by atoms with Crippen LogP contribution in [0.2, 0.25) is 0 Å². The van der Waals surface area contributed by atoms with Gasteiger partial charge in [-0.05, 0) is 38.5 Å². The van der Waals surface area contributed by atoms with Crippen molar-refractivity contribution in [2.75, 3.05) is 6.54 Å². The summed E-state index contributed by atoms with van der Waals surface area (Å²) in [6, 6.07) is 5.86. The molecule has 0 aliphatic rings. The summed E-state index contributed by atoms with van der Waals surface area (Å²) in [7, 11) is 0. The van der Waals surface area contributed by atoms with E-state index < -0.39 is 0 Å². The standard InChI is InChI=1S/C16H17N3O2S/c1-4-7-17-15(20)11-8-12(13-6-5-9(2)22-13)18-16-14(11)10(3)19-21-16/h5-6,8H,4,7H2,1-3H3,(H,17,20). The quantitative estimate of drug-likeness (QED) is 0.797. The van der Waals surface area contributed by atoms with Gasteiger partial charge in [0.1, 0.15) is 0 Å². The molecule has 0 spiro atoms. The molecule has 0 fully saturated rings. The highest BCUT2D eigenvalue weighted by Gasteiger charge is 2.19. The van der Waals surface area contributed by atoms with Crippen LogP contribution in [0.25, 0.3) is 21.7 Å². The van der Waals surface area contributed by atoms with Crippen LogP contribution in [0.3, 0.4) is 0 Å². The molecule has 22 heavy (non-hydrogen) atoms. The molecule has 0 aliphatic heterocycles. The van der Waals surface area contributed by atoms with Gasteiger partial charge >= 0.3 is 0 Å². The van der Waals surface area contributed by atoms with Gasteiger partial charge in [0.05, 0.1) is 27.2 Å². The van der Waals surface area contributed by atoms with Crippen LogP contribution < -0.4 is 5.32 Å². The first-order valence-corrected chi connectivity index (χ1v) is 8.04. The molecular formula is C16H17N3O2S. The summed E-state index contributed by atoms with van der Waals surface area (Å²) in [4.78, 5) is 19.2. The molecule has 0 aliphatic carbocycles. The van der Waals surface area contributed by atoms with Crippen LogP contribution in [0, 0.1) is 13.8 Å². The molecule has 3 rings (SSSR count). The highest BCUT2D eigenvalue weighted by Crippen LogP contribution is 2.30. The summed E-state index contributed by atoms with van der Waals surface area (Å²) in [6.45, 7) is 6.52.